The Kier molecular flexibility index (Phi) is 4.01. The van der Waals surface area contributed by atoms with Gasteiger partial charge < -0.3 is 15.8 Å². The van der Waals surface area contributed by atoms with Gasteiger partial charge >= 0.3 is 0 Å². The van der Waals surface area contributed by atoms with Crippen LogP contribution in [0.1, 0.15) is 38.4 Å². The predicted molar refractivity (Wildman–Crippen MR) is 72.2 cm³/mol. The average molecular weight is 250 g/mol. The molecule has 1 aromatic heterocycles. The Bertz CT molecular complexity index is 404. The molecule has 2 rings (SSSR count). The van der Waals surface area contributed by atoms with Crippen LogP contribution in [0.15, 0.2) is 6.07 Å². The molecule has 1 fully saturated rings. The van der Waals surface area contributed by atoms with E-state index in [0.29, 0.717) is 23.7 Å². The summed E-state index contributed by atoms with van der Waals surface area (Å²) in [5.74, 6) is 1.91. The van der Waals surface area contributed by atoms with Crippen molar-refractivity contribution in [3.05, 3.63) is 11.9 Å². The number of nitrogens with one attached hydrogen (secondary N) is 1. The van der Waals surface area contributed by atoms with Crippen LogP contribution in [0, 0.1) is 5.41 Å². The van der Waals surface area contributed by atoms with Crippen molar-refractivity contribution in [2.45, 2.75) is 39.2 Å². The maximum atomic E-state index is 5.76. The first-order valence-electron chi connectivity index (χ1n) is 6.54. The van der Waals surface area contributed by atoms with Gasteiger partial charge in [-0.15, -0.1) is 0 Å². The lowest BCUT2D eigenvalue weighted by Crippen LogP contribution is -2.17. The third-order valence-electron chi connectivity index (χ3n) is 3.45. The molecule has 0 spiro atoms. The van der Waals surface area contributed by atoms with Gasteiger partial charge in [0.25, 0.3) is 0 Å². The third-order valence-corrected chi connectivity index (χ3v) is 3.45. The zero-order chi connectivity index (χ0) is 13.0. The van der Waals surface area contributed by atoms with E-state index < -0.39 is 0 Å². The number of nitrogens with two attached hydrogens (primary N) is 1. The fraction of sp³-hybridized carbons (Fsp3) is 0.692. The zero-order valence-electron chi connectivity index (χ0n) is 11.2. The Labute approximate surface area is 108 Å². The van der Waals surface area contributed by atoms with Gasteiger partial charge in [0.15, 0.2) is 5.82 Å². The largest absolute Gasteiger partial charge is 0.384 e. The molecule has 0 saturated heterocycles. The van der Waals surface area contributed by atoms with E-state index in [2.05, 4.69) is 22.2 Å². The summed E-state index contributed by atoms with van der Waals surface area (Å²) in [5.41, 5.74) is 6.25. The van der Waals surface area contributed by atoms with Crippen LogP contribution in [0.4, 0.5) is 11.6 Å². The second-order valence-corrected chi connectivity index (χ2v) is 5.13. The van der Waals surface area contributed by atoms with E-state index in [0.717, 1.165) is 12.4 Å². The Hall–Kier alpha value is -1.36. The van der Waals surface area contributed by atoms with E-state index in [-0.39, 0.29) is 0 Å². The highest BCUT2D eigenvalue weighted by molar-refractivity contribution is 5.44. The minimum absolute atomic E-state index is 0.389. The van der Waals surface area contributed by atoms with Crippen molar-refractivity contribution in [3.8, 4) is 0 Å². The molecule has 5 nitrogen and oxygen atoms in total. The van der Waals surface area contributed by atoms with Gasteiger partial charge in [-0.3, -0.25) is 0 Å². The highest BCUT2D eigenvalue weighted by Gasteiger charge is 2.41. The van der Waals surface area contributed by atoms with Crippen molar-refractivity contribution in [2.24, 2.45) is 5.41 Å². The Morgan fingerprint density at radius 1 is 1.44 bits per heavy atom. The third kappa shape index (κ3) is 3.32. The van der Waals surface area contributed by atoms with Gasteiger partial charge in [0, 0.05) is 19.7 Å². The number of methoxy groups -OCH3 is 1. The van der Waals surface area contributed by atoms with Crippen molar-refractivity contribution in [3.63, 3.8) is 0 Å². The molecule has 0 amide bonds. The molecule has 0 bridgehead atoms. The molecule has 5 heteroatoms. The fourth-order valence-electron chi connectivity index (χ4n) is 2.30. The van der Waals surface area contributed by atoms with E-state index in [1.165, 1.54) is 25.7 Å². The number of anilines is 2. The fourth-order valence-corrected chi connectivity index (χ4v) is 2.30. The minimum Gasteiger partial charge on any atom is -0.384 e. The van der Waals surface area contributed by atoms with Crippen LogP contribution in [0.25, 0.3) is 0 Å². The first-order valence-corrected chi connectivity index (χ1v) is 6.54. The summed E-state index contributed by atoms with van der Waals surface area (Å²) >= 11 is 0. The van der Waals surface area contributed by atoms with Crippen LogP contribution < -0.4 is 11.1 Å². The van der Waals surface area contributed by atoms with Gasteiger partial charge in [-0.25, -0.2) is 9.97 Å². The van der Waals surface area contributed by atoms with Gasteiger partial charge in [0.2, 0.25) is 0 Å². The molecule has 3 N–H and O–H groups in total. The summed E-state index contributed by atoms with van der Waals surface area (Å²) in [4.78, 5) is 8.51. The van der Waals surface area contributed by atoms with Crippen molar-refractivity contribution < 1.29 is 4.74 Å². The van der Waals surface area contributed by atoms with Gasteiger partial charge in [0.1, 0.15) is 18.2 Å². The maximum Gasteiger partial charge on any atom is 0.158 e. The quantitative estimate of drug-likeness (QED) is 0.776. The van der Waals surface area contributed by atoms with Crippen molar-refractivity contribution >= 4 is 11.6 Å². The molecular weight excluding hydrogens is 228 g/mol. The number of nitrogens with zero attached hydrogens (tertiary/aromatic N) is 2. The smallest absolute Gasteiger partial charge is 0.158 e. The molecule has 0 aromatic carbocycles. The Balaban J connectivity index is 1.96. The average Bonchev–Trinajstić information content (AvgIpc) is 3.07. The van der Waals surface area contributed by atoms with Crippen LogP contribution in [-0.2, 0) is 11.3 Å². The van der Waals surface area contributed by atoms with Gasteiger partial charge in [-0.1, -0.05) is 13.3 Å². The first-order chi connectivity index (χ1) is 8.67. The van der Waals surface area contributed by atoms with E-state index in [1.807, 2.05) is 0 Å². The number of rotatable bonds is 7. The van der Waals surface area contributed by atoms with E-state index in [4.69, 9.17) is 10.5 Å². The predicted octanol–water partition coefficient (Wildman–Crippen LogP) is 2.20. The van der Waals surface area contributed by atoms with Crippen molar-refractivity contribution in [2.75, 3.05) is 24.7 Å². The molecule has 1 heterocycles. The lowest BCUT2D eigenvalue weighted by Gasteiger charge is -2.15. The van der Waals surface area contributed by atoms with Crippen LogP contribution in [0.2, 0.25) is 0 Å². The molecule has 100 valence electrons. The molecule has 18 heavy (non-hydrogen) atoms. The lowest BCUT2D eigenvalue weighted by atomic mass is 10.0. The Morgan fingerprint density at radius 3 is 2.83 bits per heavy atom. The van der Waals surface area contributed by atoms with E-state index in [1.54, 1.807) is 13.2 Å². The summed E-state index contributed by atoms with van der Waals surface area (Å²) in [6.07, 6.45) is 5.16. The van der Waals surface area contributed by atoms with E-state index in [9.17, 15) is 0 Å². The Morgan fingerprint density at radius 2 is 2.22 bits per heavy atom. The summed E-state index contributed by atoms with van der Waals surface area (Å²) in [5, 5.41) is 3.39. The van der Waals surface area contributed by atoms with Crippen LogP contribution >= 0.6 is 0 Å². The number of hydrogen-bond donors (Lipinski definition) is 2. The second-order valence-electron chi connectivity index (χ2n) is 5.13. The number of hydrogen-bond acceptors (Lipinski definition) is 5. The minimum atomic E-state index is 0.389. The maximum absolute atomic E-state index is 5.76. The molecule has 0 atom stereocenters. The lowest BCUT2D eigenvalue weighted by molar-refractivity contribution is 0.178. The molecule has 0 radical (unpaired) electrons. The highest BCUT2D eigenvalue weighted by atomic mass is 16.5. The monoisotopic (exact) mass is 250 g/mol. The topological polar surface area (TPSA) is 73.1 Å². The first kappa shape index (κ1) is 13.1. The summed E-state index contributed by atoms with van der Waals surface area (Å²) in [7, 11) is 1.63. The van der Waals surface area contributed by atoms with Crippen LogP contribution in [0.3, 0.4) is 0 Å². The van der Waals surface area contributed by atoms with Crippen molar-refractivity contribution in [1.29, 1.82) is 0 Å². The SMILES string of the molecule is CCCC1(CNc2cc(N)nc(COC)n2)CC1. The van der Waals surface area contributed by atoms with Gasteiger partial charge in [0.05, 0.1) is 0 Å². The van der Waals surface area contributed by atoms with Crippen molar-refractivity contribution in [1.82, 2.24) is 9.97 Å². The standard InChI is InChI=1S/C13H22N4O/c1-3-4-13(5-6-13)9-15-11-7-10(14)16-12(17-11)8-18-2/h7H,3-6,8-9H2,1-2H3,(H3,14,15,16,17). The number of ether oxygens (including phenoxy) is 1. The molecule has 1 saturated carbocycles. The molecule has 1 aliphatic rings. The normalized spacial score (nSPS) is 16.6. The van der Waals surface area contributed by atoms with Crippen LogP contribution in [0.5, 0.6) is 0 Å². The number of aromatic nitrogens is 2. The second kappa shape index (κ2) is 5.52. The molecule has 1 aromatic rings. The van der Waals surface area contributed by atoms with E-state index >= 15 is 0 Å². The zero-order valence-corrected chi connectivity index (χ0v) is 11.2. The molecular formula is C13H22N4O. The summed E-state index contributed by atoms with van der Waals surface area (Å²) < 4.78 is 5.03. The number of nitrogen functional groups attached to an aromatic ring is 1. The summed E-state index contributed by atoms with van der Waals surface area (Å²) in [6, 6.07) is 1.78. The molecule has 1 aliphatic carbocycles. The summed E-state index contributed by atoms with van der Waals surface area (Å²) in [6.45, 7) is 3.60. The van der Waals surface area contributed by atoms with Gasteiger partial charge in [-0.05, 0) is 24.7 Å². The van der Waals surface area contributed by atoms with Gasteiger partial charge in [-0.2, -0.15) is 0 Å². The highest BCUT2D eigenvalue weighted by Crippen LogP contribution is 2.49. The molecule has 0 aliphatic heterocycles. The molecule has 0 unspecified atom stereocenters. The van der Waals surface area contributed by atoms with Crippen LogP contribution in [-0.4, -0.2) is 23.6 Å².